The molecule has 0 aromatic carbocycles. The number of carbonyl (C=O) groups excluding carboxylic acids is 2. The van der Waals surface area contributed by atoms with Gasteiger partial charge in [0.15, 0.2) is 11.6 Å². The Labute approximate surface area is 106 Å². The lowest BCUT2D eigenvalue weighted by Gasteiger charge is -2.38. The predicted molar refractivity (Wildman–Crippen MR) is 66.8 cm³/mol. The molecule has 1 unspecified atom stereocenters. The van der Waals surface area contributed by atoms with Crippen molar-refractivity contribution < 1.29 is 14.3 Å². The van der Waals surface area contributed by atoms with E-state index in [0.717, 1.165) is 34.5 Å². The van der Waals surface area contributed by atoms with E-state index in [1.54, 1.807) is 6.08 Å². The maximum atomic E-state index is 12.6. The summed E-state index contributed by atoms with van der Waals surface area (Å²) in [5.41, 5.74) is 2.91. The fraction of sp³-hybridized carbons (Fsp3) is 0.467. The highest BCUT2D eigenvalue weighted by Gasteiger charge is 2.49. The highest BCUT2D eigenvalue weighted by Crippen LogP contribution is 2.50. The Morgan fingerprint density at radius 2 is 2.00 bits per heavy atom. The van der Waals surface area contributed by atoms with Gasteiger partial charge < -0.3 is 4.74 Å². The third-order valence-corrected chi connectivity index (χ3v) is 4.25. The van der Waals surface area contributed by atoms with E-state index in [1.165, 1.54) is 0 Å². The maximum absolute atomic E-state index is 12.6. The van der Waals surface area contributed by atoms with Crippen molar-refractivity contribution >= 4 is 11.6 Å². The van der Waals surface area contributed by atoms with Crippen LogP contribution in [0.3, 0.4) is 0 Å². The minimum atomic E-state index is -0.719. The third-order valence-electron chi connectivity index (χ3n) is 4.25. The van der Waals surface area contributed by atoms with Crippen molar-refractivity contribution in [2.24, 2.45) is 5.41 Å². The molecule has 1 fully saturated rings. The van der Waals surface area contributed by atoms with Gasteiger partial charge in [0.1, 0.15) is 5.76 Å². The molecule has 3 aliphatic rings. The first kappa shape index (κ1) is 11.5. The van der Waals surface area contributed by atoms with Gasteiger partial charge in [-0.1, -0.05) is 0 Å². The third kappa shape index (κ3) is 1.25. The molecule has 2 aliphatic carbocycles. The van der Waals surface area contributed by atoms with Crippen LogP contribution in [0.25, 0.3) is 0 Å². The van der Waals surface area contributed by atoms with Gasteiger partial charge in [-0.05, 0) is 38.0 Å². The van der Waals surface area contributed by atoms with Gasteiger partial charge in [-0.25, -0.2) is 0 Å². The Morgan fingerprint density at radius 1 is 1.28 bits per heavy atom. The molecule has 3 rings (SSSR count). The number of allylic oxidation sites excluding steroid dienone is 5. The van der Waals surface area contributed by atoms with Gasteiger partial charge >= 0.3 is 0 Å². The number of ether oxygens (including phenoxy) is 1. The normalized spacial score (nSPS) is 31.2. The number of hydrogen-bond donors (Lipinski definition) is 0. The average Bonchev–Trinajstić information content (AvgIpc) is 2.73. The first-order valence-corrected chi connectivity index (χ1v) is 6.29. The molecule has 0 aromatic heterocycles. The number of carbonyl (C=O) groups is 2. The van der Waals surface area contributed by atoms with Crippen LogP contribution in [0, 0.1) is 5.41 Å². The number of fused-ring (bicyclic) bond motifs is 2. The molecular weight excluding hydrogens is 228 g/mol. The van der Waals surface area contributed by atoms with Crippen molar-refractivity contribution in [2.75, 3.05) is 6.61 Å². The van der Waals surface area contributed by atoms with Crippen LogP contribution in [0.15, 0.2) is 34.1 Å². The second kappa shape index (κ2) is 3.44. The summed E-state index contributed by atoms with van der Waals surface area (Å²) in [7, 11) is 0. The van der Waals surface area contributed by atoms with Gasteiger partial charge in [-0.2, -0.15) is 0 Å². The van der Waals surface area contributed by atoms with E-state index >= 15 is 0 Å². The lowest BCUT2D eigenvalue weighted by atomic mass is 9.63. The van der Waals surface area contributed by atoms with Crippen molar-refractivity contribution in [3.63, 3.8) is 0 Å². The summed E-state index contributed by atoms with van der Waals surface area (Å²) >= 11 is 0. The van der Waals surface area contributed by atoms with Crippen LogP contribution in [-0.4, -0.2) is 18.2 Å². The molecule has 0 amide bonds. The zero-order chi connectivity index (χ0) is 13.1. The molecule has 1 atom stereocenters. The second-order valence-electron chi connectivity index (χ2n) is 5.54. The van der Waals surface area contributed by atoms with Gasteiger partial charge in [0.05, 0.1) is 12.0 Å². The zero-order valence-electron chi connectivity index (χ0n) is 10.9. The van der Waals surface area contributed by atoms with Crippen LogP contribution in [0.5, 0.6) is 0 Å². The Balaban J connectivity index is 2.33. The molecule has 1 aliphatic heterocycles. The molecule has 3 heteroatoms. The van der Waals surface area contributed by atoms with Gasteiger partial charge in [-0.15, -0.1) is 0 Å². The minimum absolute atomic E-state index is 0.0296. The first-order valence-electron chi connectivity index (χ1n) is 6.29. The first-order chi connectivity index (χ1) is 8.45. The Hall–Kier alpha value is -1.64. The highest BCUT2D eigenvalue weighted by molar-refractivity contribution is 6.10. The van der Waals surface area contributed by atoms with Crippen molar-refractivity contribution in [1.82, 2.24) is 0 Å². The summed E-state index contributed by atoms with van der Waals surface area (Å²) in [6.45, 7) is 6.25. The summed E-state index contributed by atoms with van der Waals surface area (Å²) in [4.78, 5) is 24.4. The largest absolute Gasteiger partial charge is 0.493 e. The Morgan fingerprint density at radius 3 is 2.72 bits per heavy atom. The van der Waals surface area contributed by atoms with Gasteiger partial charge in [0, 0.05) is 24.0 Å². The smallest absolute Gasteiger partial charge is 0.169 e. The number of hydrogen-bond acceptors (Lipinski definition) is 3. The summed E-state index contributed by atoms with van der Waals surface area (Å²) in [6.07, 6.45) is 2.70. The van der Waals surface area contributed by atoms with E-state index in [4.69, 9.17) is 4.74 Å². The van der Waals surface area contributed by atoms with E-state index in [2.05, 4.69) is 0 Å². The van der Waals surface area contributed by atoms with Crippen LogP contribution in [0.2, 0.25) is 0 Å². The van der Waals surface area contributed by atoms with Crippen molar-refractivity contribution in [3.8, 4) is 0 Å². The molecule has 0 radical (unpaired) electrons. The molecule has 0 aromatic rings. The zero-order valence-corrected chi connectivity index (χ0v) is 10.9. The van der Waals surface area contributed by atoms with Crippen LogP contribution in [-0.2, 0) is 14.3 Å². The van der Waals surface area contributed by atoms with Gasteiger partial charge in [0.2, 0.25) is 0 Å². The van der Waals surface area contributed by atoms with E-state index in [0.29, 0.717) is 6.61 Å². The van der Waals surface area contributed by atoms with Crippen LogP contribution in [0.1, 0.15) is 33.6 Å². The molecule has 94 valence electrons. The number of Topliss-reactive ketones (excluding diaryl/α,β-unsaturated/α-hetero) is 1. The molecule has 1 heterocycles. The second-order valence-corrected chi connectivity index (χ2v) is 5.54. The predicted octanol–water partition coefficient (Wildman–Crippen LogP) is 2.49. The minimum Gasteiger partial charge on any atom is -0.493 e. The maximum Gasteiger partial charge on any atom is 0.169 e. The highest BCUT2D eigenvalue weighted by atomic mass is 16.5. The average molecular weight is 244 g/mol. The summed E-state index contributed by atoms with van der Waals surface area (Å²) in [6, 6.07) is 0. The standard InChI is InChI=1S/C15H16O3/c1-8-6-10(16)7-15(3)12(8)13-11(4-5-18-13)9(2)14(15)17/h6H,4-5,7H2,1-3H3. The van der Waals surface area contributed by atoms with Crippen molar-refractivity contribution in [2.45, 2.75) is 33.6 Å². The quantitative estimate of drug-likeness (QED) is 0.657. The molecule has 1 saturated heterocycles. The van der Waals surface area contributed by atoms with E-state index in [9.17, 15) is 9.59 Å². The molecule has 0 N–H and O–H groups in total. The number of ketones is 2. The lowest BCUT2D eigenvalue weighted by molar-refractivity contribution is -0.127. The summed E-state index contributed by atoms with van der Waals surface area (Å²) < 4.78 is 5.73. The van der Waals surface area contributed by atoms with Crippen molar-refractivity contribution in [1.29, 1.82) is 0 Å². The van der Waals surface area contributed by atoms with E-state index in [1.807, 2.05) is 20.8 Å². The van der Waals surface area contributed by atoms with Crippen LogP contribution in [0.4, 0.5) is 0 Å². The SMILES string of the molecule is CC1=CC(=O)CC2(C)C(=O)C(C)=C3CCOC3=C12. The molecule has 3 nitrogen and oxygen atoms in total. The Bertz CT molecular complexity index is 575. The molecule has 0 bridgehead atoms. The molecule has 18 heavy (non-hydrogen) atoms. The Kier molecular flexibility index (Phi) is 2.19. The van der Waals surface area contributed by atoms with Crippen LogP contribution >= 0.6 is 0 Å². The lowest BCUT2D eigenvalue weighted by Crippen LogP contribution is -2.39. The van der Waals surface area contributed by atoms with E-state index in [-0.39, 0.29) is 18.0 Å². The van der Waals surface area contributed by atoms with Gasteiger partial charge in [0.25, 0.3) is 0 Å². The summed E-state index contributed by atoms with van der Waals surface area (Å²) in [5, 5.41) is 0. The summed E-state index contributed by atoms with van der Waals surface area (Å²) in [5.74, 6) is 0.973. The van der Waals surface area contributed by atoms with Crippen molar-refractivity contribution in [3.05, 3.63) is 34.1 Å². The van der Waals surface area contributed by atoms with Gasteiger partial charge in [-0.3, -0.25) is 9.59 Å². The molecule has 0 saturated carbocycles. The monoisotopic (exact) mass is 244 g/mol. The fourth-order valence-corrected chi connectivity index (χ4v) is 3.45. The molecular formula is C15H16O3. The number of rotatable bonds is 0. The molecule has 0 spiro atoms. The van der Waals surface area contributed by atoms with Crippen LogP contribution < -0.4 is 0 Å². The fourth-order valence-electron chi connectivity index (χ4n) is 3.45. The topological polar surface area (TPSA) is 43.4 Å². The van der Waals surface area contributed by atoms with E-state index < -0.39 is 5.41 Å².